The molecule has 3 fully saturated rings. The number of aryl methyl sites for hydroxylation is 1. The zero-order valence-electron chi connectivity index (χ0n) is 15.1. The molecule has 5 nitrogen and oxygen atoms in total. The van der Waals surface area contributed by atoms with Crippen LogP contribution in [0, 0.1) is 18.3 Å². The highest BCUT2D eigenvalue weighted by Crippen LogP contribution is 2.42. The average Bonchev–Trinajstić information content (AvgIpc) is 3.01. The van der Waals surface area contributed by atoms with E-state index in [9.17, 15) is 9.59 Å². The van der Waals surface area contributed by atoms with Crippen LogP contribution in [-0.2, 0) is 4.79 Å². The minimum absolute atomic E-state index is 0.0377. The molecular weight excluding hydrogens is 316 g/mol. The van der Waals surface area contributed by atoms with Gasteiger partial charge >= 0.3 is 0 Å². The molecule has 25 heavy (non-hydrogen) atoms. The maximum atomic E-state index is 13.1. The lowest BCUT2D eigenvalue weighted by atomic mass is 9.71. The summed E-state index contributed by atoms with van der Waals surface area (Å²) < 4.78 is 5.26. The lowest BCUT2D eigenvalue weighted by Gasteiger charge is -2.47. The molecule has 2 saturated heterocycles. The van der Waals surface area contributed by atoms with E-state index in [1.165, 1.54) is 19.3 Å². The first-order valence-corrected chi connectivity index (χ1v) is 9.72. The Balaban J connectivity index is 1.40. The van der Waals surface area contributed by atoms with Crippen molar-refractivity contribution in [2.24, 2.45) is 11.3 Å². The summed E-state index contributed by atoms with van der Waals surface area (Å²) in [5, 5.41) is 0. The smallest absolute Gasteiger partial charge is 0.257 e. The van der Waals surface area contributed by atoms with Crippen molar-refractivity contribution >= 4 is 11.8 Å². The second kappa shape index (κ2) is 6.50. The molecule has 5 heteroatoms. The number of amides is 2. The van der Waals surface area contributed by atoms with Gasteiger partial charge < -0.3 is 14.2 Å². The summed E-state index contributed by atoms with van der Waals surface area (Å²) in [5.41, 5.74) is 0.432. The minimum atomic E-state index is -0.218. The SMILES string of the molecule is Cc1occc1C(=O)N1CCC2(CCCN(CC3CCC3)C2=O)CC1. The van der Waals surface area contributed by atoms with Gasteiger partial charge in [-0.2, -0.15) is 0 Å². The first kappa shape index (κ1) is 16.7. The number of piperidine rings is 2. The highest BCUT2D eigenvalue weighted by Gasteiger charge is 2.46. The molecule has 1 saturated carbocycles. The molecular formula is C20H28N2O3. The number of furan rings is 1. The molecule has 0 N–H and O–H groups in total. The fraction of sp³-hybridized carbons (Fsp3) is 0.700. The van der Waals surface area contributed by atoms with Gasteiger partial charge in [-0.05, 0) is 57.4 Å². The third-order valence-corrected chi connectivity index (χ3v) is 6.62. The van der Waals surface area contributed by atoms with Gasteiger partial charge in [0.2, 0.25) is 5.91 Å². The van der Waals surface area contributed by atoms with E-state index in [4.69, 9.17) is 4.42 Å². The Morgan fingerprint density at radius 3 is 2.56 bits per heavy atom. The van der Waals surface area contributed by atoms with Crippen LogP contribution < -0.4 is 0 Å². The van der Waals surface area contributed by atoms with Crippen LogP contribution in [0.5, 0.6) is 0 Å². The molecule has 2 amide bonds. The van der Waals surface area contributed by atoms with Gasteiger partial charge in [0.1, 0.15) is 5.76 Å². The van der Waals surface area contributed by atoms with Gasteiger partial charge in [0.05, 0.1) is 17.2 Å². The van der Waals surface area contributed by atoms with Crippen molar-refractivity contribution in [1.29, 1.82) is 0 Å². The normalized spacial score (nSPS) is 23.8. The van der Waals surface area contributed by atoms with Crippen LogP contribution in [0.2, 0.25) is 0 Å². The number of nitrogens with zero attached hydrogens (tertiary/aromatic N) is 2. The number of likely N-dealkylation sites (tertiary alicyclic amines) is 2. The highest BCUT2D eigenvalue weighted by molar-refractivity contribution is 5.95. The highest BCUT2D eigenvalue weighted by atomic mass is 16.3. The summed E-state index contributed by atoms with van der Waals surface area (Å²) in [5.74, 6) is 1.79. The largest absolute Gasteiger partial charge is 0.469 e. The van der Waals surface area contributed by atoms with E-state index in [-0.39, 0.29) is 11.3 Å². The zero-order chi connectivity index (χ0) is 17.4. The summed E-state index contributed by atoms with van der Waals surface area (Å²) in [6, 6.07) is 1.74. The maximum Gasteiger partial charge on any atom is 0.257 e. The molecule has 3 aliphatic rings. The fourth-order valence-electron chi connectivity index (χ4n) is 4.69. The molecule has 1 aliphatic carbocycles. The van der Waals surface area contributed by atoms with E-state index in [2.05, 4.69) is 4.90 Å². The van der Waals surface area contributed by atoms with Crippen molar-refractivity contribution < 1.29 is 14.0 Å². The molecule has 1 spiro atoms. The van der Waals surface area contributed by atoms with Crippen LogP contribution in [0.25, 0.3) is 0 Å². The van der Waals surface area contributed by atoms with E-state index in [1.807, 2.05) is 11.8 Å². The van der Waals surface area contributed by atoms with E-state index in [0.717, 1.165) is 44.7 Å². The maximum absolute atomic E-state index is 13.1. The molecule has 0 unspecified atom stereocenters. The third-order valence-electron chi connectivity index (χ3n) is 6.62. The van der Waals surface area contributed by atoms with Gasteiger partial charge in [0.25, 0.3) is 5.91 Å². The Bertz CT molecular complexity index is 654. The monoisotopic (exact) mass is 344 g/mol. The first-order chi connectivity index (χ1) is 12.1. The summed E-state index contributed by atoms with van der Waals surface area (Å²) in [6.07, 6.45) is 9.14. The Kier molecular flexibility index (Phi) is 4.34. The molecule has 3 heterocycles. The van der Waals surface area contributed by atoms with Crippen molar-refractivity contribution in [2.45, 2.75) is 51.9 Å². The molecule has 0 aromatic carbocycles. The van der Waals surface area contributed by atoms with Crippen LogP contribution in [0.1, 0.15) is 61.1 Å². The number of hydrogen-bond donors (Lipinski definition) is 0. The molecule has 2 aliphatic heterocycles. The Hall–Kier alpha value is -1.78. The first-order valence-electron chi connectivity index (χ1n) is 9.72. The van der Waals surface area contributed by atoms with Crippen LogP contribution in [0.4, 0.5) is 0 Å². The number of rotatable bonds is 3. The number of hydrogen-bond acceptors (Lipinski definition) is 3. The zero-order valence-corrected chi connectivity index (χ0v) is 15.1. The lowest BCUT2D eigenvalue weighted by molar-refractivity contribution is -0.150. The Morgan fingerprint density at radius 2 is 1.96 bits per heavy atom. The quantitative estimate of drug-likeness (QED) is 0.846. The van der Waals surface area contributed by atoms with Gasteiger partial charge in [-0.15, -0.1) is 0 Å². The molecule has 1 aromatic rings. The van der Waals surface area contributed by atoms with Gasteiger partial charge in [-0.25, -0.2) is 0 Å². The second-order valence-corrected chi connectivity index (χ2v) is 8.11. The second-order valence-electron chi connectivity index (χ2n) is 8.11. The Morgan fingerprint density at radius 1 is 1.20 bits per heavy atom. The van der Waals surface area contributed by atoms with E-state index < -0.39 is 0 Å². The minimum Gasteiger partial charge on any atom is -0.469 e. The molecule has 0 radical (unpaired) electrons. The third kappa shape index (κ3) is 2.98. The summed E-state index contributed by atoms with van der Waals surface area (Å²) in [6.45, 7) is 5.05. The molecule has 136 valence electrons. The lowest BCUT2D eigenvalue weighted by Crippen LogP contribution is -2.55. The van der Waals surface area contributed by atoms with Crippen LogP contribution in [-0.4, -0.2) is 47.8 Å². The van der Waals surface area contributed by atoms with Crippen LogP contribution in [0.3, 0.4) is 0 Å². The predicted molar refractivity (Wildman–Crippen MR) is 94.2 cm³/mol. The van der Waals surface area contributed by atoms with Crippen molar-refractivity contribution in [3.63, 3.8) is 0 Å². The molecule has 0 bridgehead atoms. The van der Waals surface area contributed by atoms with Crippen molar-refractivity contribution in [3.05, 3.63) is 23.7 Å². The van der Waals surface area contributed by atoms with Crippen molar-refractivity contribution in [2.75, 3.05) is 26.2 Å². The number of carbonyl (C=O) groups excluding carboxylic acids is 2. The van der Waals surface area contributed by atoms with E-state index >= 15 is 0 Å². The summed E-state index contributed by atoms with van der Waals surface area (Å²) in [4.78, 5) is 29.8. The van der Waals surface area contributed by atoms with Gasteiger partial charge in [-0.3, -0.25) is 9.59 Å². The molecule has 0 atom stereocenters. The number of carbonyl (C=O) groups is 2. The van der Waals surface area contributed by atoms with Crippen LogP contribution in [0.15, 0.2) is 16.7 Å². The topological polar surface area (TPSA) is 53.8 Å². The Labute approximate surface area is 149 Å². The van der Waals surface area contributed by atoms with E-state index in [1.54, 1.807) is 12.3 Å². The van der Waals surface area contributed by atoms with Crippen molar-refractivity contribution in [1.82, 2.24) is 9.80 Å². The molecule has 1 aromatic heterocycles. The molecule has 4 rings (SSSR count). The average molecular weight is 344 g/mol. The van der Waals surface area contributed by atoms with Crippen LogP contribution >= 0.6 is 0 Å². The van der Waals surface area contributed by atoms with Crippen molar-refractivity contribution in [3.8, 4) is 0 Å². The summed E-state index contributed by atoms with van der Waals surface area (Å²) in [7, 11) is 0. The van der Waals surface area contributed by atoms with E-state index in [0.29, 0.717) is 30.3 Å². The van der Waals surface area contributed by atoms with Gasteiger partial charge in [-0.1, -0.05) is 6.42 Å². The standard InChI is InChI=1S/C20H28N2O3/c1-15-17(6-13-25-15)18(23)21-11-8-20(9-12-21)7-3-10-22(19(20)24)14-16-4-2-5-16/h6,13,16H,2-5,7-12,14H2,1H3. The fourth-order valence-corrected chi connectivity index (χ4v) is 4.69. The van der Waals surface area contributed by atoms with Gasteiger partial charge in [0.15, 0.2) is 0 Å². The van der Waals surface area contributed by atoms with Gasteiger partial charge in [0, 0.05) is 26.2 Å². The summed E-state index contributed by atoms with van der Waals surface area (Å²) >= 11 is 0. The predicted octanol–water partition coefficient (Wildman–Crippen LogP) is 3.23.